The molecule has 0 aliphatic heterocycles. The van der Waals surface area contributed by atoms with Gasteiger partial charge in [-0.1, -0.05) is 30.3 Å². The molecular weight excluding hydrogens is 224 g/mol. The Kier molecular flexibility index (Phi) is 1.81. The van der Waals surface area contributed by atoms with Crippen LogP contribution in [0.5, 0.6) is 0 Å². The molecule has 1 aromatic heterocycles. The van der Waals surface area contributed by atoms with E-state index < -0.39 is 0 Å². The largest absolute Gasteiger partial charge is 0.424 e. The number of hydrogen-bond acceptors (Lipinski definition) is 3. The topological polar surface area (TPSA) is 52.0 Å². The normalized spacial score (nSPS) is 13.3. The van der Waals surface area contributed by atoms with Gasteiger partial charge in [-0.3, -0.25) is 0 Å². The van der Waals surface area contributed by atoms with Gasteiger partial charge >= 0.3 is 0 Å². The van der Waals surface area contributed by atoms with Gasteiger partial charge < -0.3 is 10.2 Å². The first-order valence-corrected chi connectivity index (χ1v) is 6.08. The summed E-state index contributed by atoms with van der Waals surface area (Å²) in [7, 11) is 0. The molecule has 0 amide bonds. The predicted molar refractivity (Wildman–Crippen MR) is 71.3 cm³/mol. The van der Waals surface area contributed by atoms with Crippen LogP contribution in [0.1, 0.15) is 11.1 Å². The van der Waals surface area contributed by atoms with Crippen LogP contribution in [0.25, 0.3) is 22.1 Å². The quantitative estimate of drug-likeness (QED) is 0.706. The van der Waals surface area contributed by atoms with E-state index in [2.05, 4.69) is 35.3 Å². The lowest BCUT2D eigenvalue weighted by Crippen LogP contribution is -1.83. The maximum absolute atomic E-state index is 5.55. The molecule has 2 N–H and O–H groups in total. The summed E-state index contributed by atoms with van der Waals surface area (Å²) < 4.78 is 5.44. The summed E-state index contributed by atoms with van der Waals surface area (Å²) in [4.78, 5) is 3.97. The third-order valence-corrected chi connectivity index (χ3v) is 3.67. The zero-order valence-electron chi connectivity index (χ0n) is 9.81. The van der Waals surface area contributed by atoms with Crippen LogP contribution in [0.3, 0.4) is 0 Å². The van der Waals surface area contributed by atoms with E-state index in [9.17, 15) is 0 Å². The lowest BCUT2D eigenvalue weighted by Gasteiger charge is -2.06. The first-order chi connectivity index (χ1) is 8.83. The van der Waals surface area contributed by atoms with E-state index in [1.54, 1.807) is 6.20 Å². The highest BCUT2D eigenvalue weighted by Gasteiger charge is 2.17. The number of anilines is 1. The number of aromatic nitrogens is 1. The molecule has 1 aliphatic rings. The number of oxazole rings is 1. The molecular formula is C15H12N2O. The summed E-state index contributed by atoms with van der Waals surface area (Å²) in [5.41, 5.74) is 9.48. The van der Waals surface area contributed by atoms with Crippen molar-refractivity contribution < 1.29 is 4.42 Å². The Morgan fingerprint density at radius 3 is 2.67 bits per heavy atom. The second kappa shape index (κ2) is 3.35. The van der Waals surface area contributed by atoms with Crippen molar-refractivity contribution in [3.63, 3.8) is 0 Å². The molecule has 0 unspecified atom stereocenters. The average molecular weight is 236 g/mol. The van der Waals surface area contributed by atoms with E-state index in [1.165, 1.54) is 21.9 Å². The van der Waals surface area contributed by atoms with Crippen molar-refractivity contribution in [2.75, 3.05) is 5.73 Å². The monoisotopic (exact) mass is 236 g/mol. The van der Waals surface area contributed by atoms with Gasteiger partial charge in [0.2, 0.25) is 0 Å². The van der Waals surface area contributed by atoms with Crippen LogP contribution in [0, 0.1) is 0 Å². The van der Waals surface area contributed by atoms with E-state index in [0.29, 0.717) is 0 Å². The molecule has 0 saturated heterocycles. The van der Waals surface area contributed by atoms with E-state index in [0.717, 1.165) is 24.2 Å². The highest BCUT2D eigenvalue weighted by atomic mass is 16.4. The predicted octanol–water partition coefficient (Wildman–Crippen LogP) is 3.18. The second-order valence-electron chi connectivity index (χ2n) is 4.67. The molecule has 3 aromatic rings. The Balaban J connectivity index is 2.09. The Hall–Kier alpha value is -2.29. The fraction of sp³-hybridized carbons (Fsp3) is 0.133. The zero-order valence-corrected chi connectivity index (χ0v) is 9.81. The Bertz CT molecular complexity index is 748. The zero-order chi connectivity index (χ0) is 12.1. The summed E-state index contributed by atoms with van der Waals surface area (Å²) in [6.07, 6.45) is 3.96. The molecule has 3 heteroatoms. The van der Waals surface area contributed by atoms with Gasteiger partial charge in [-0.05, 0) is 34.7 Å². The molecule has 3 nitrogen and oxygen atoms in total. The Morgan fingerprint density at radius 2 is 1.89 bits per heavy atom. The van der Waals surface area contributed by atoms with Crippen molar-refractivity contribution in [1.82, 2.24) is 4.98 Å². The number of nitrogens with zero attached hydrogens (tertiary/aromatic N) is 1. The number of nitrogen functional groups attached to an aromatic ring is 1. The van der Waals surface area contributed by atoms with Crippen molar-refractivity contribution in [2.24, 2.45) is 0 Å². The SMILES string of the molecule is Nc1ncc(-c2ccc3c4c(cccc24)CC3)o1. The lowest BCUT2D eigenvalue weighted by molar-refractivity contribution is 0.595. The molecule has 1 heterocycles. The first kappa shape index (κ1) is 9.71. The van der Waals surface area contributed by atoms with Crippen molar-refractivity contribution in [1.29, 1.82) is 0 Å². The summed E-state index contributed by atoms with van der Waals surface area (Å²) in [5.74, 6) is 0.739. The number of aryl methyl sites for hydroxylation is 2. The number of hydrogen-bond donors (Lipinski definition) is 1. The van der Waals surface area contributed by atoms with Crippen LogP contribution in [-0.2, 0) is 12.8 Å². The number of benzene rings is 2. The second-order valence-corrected chi connectivity index (χ2v) is 4.67. The maximum atomic E-state index is 5.55. The van der Waals surface area contributed by atoms with Gasteiger partial charge in [-0.25, -0.2) is 4.98 Å². The van der Waals surface area contributed by atoms with E-state index in [1.807, 2.05) is 0 Å². The standard InChI is InChI=1S/C15H12N2O/c16-15-17-8-13(18-15)11-7-6-10-5-4-9-2-1-3-12(11)14(9)10/h1-3,6-8H,4-5H2,(H2,16,17). The third-order valence-electron chi connectivity index (χ3n) is 3.67. The maximum Gasteiger partial charge on any atom is 0.292 e. The summed E-state index contributed by atoms with van der Waals surface area (Å²) in [6.45, 7) is 0. The van der Waals surface area contributed by atoms with Crippen LogP contribution < -0.4 is 5.73 Å². The third kappa shape index (κ3) is 1.21. The minimum atomic E-state index is 0.216. The summed E-state index contributed by atoms with van der Waals surface area (Å²) in [6, 6.07) is 11.0. The van der Waals surface area contributed by atoms with Gasteiger partial charge in [-0.2, -0.15) is 0 Å². The molecule has 2 aromatic carbocycles. The molecule has 0 radical (unpaired) electrons. The van der Waals surface area contributed by atoms with Crippen molar-refractivity contribution in [3.05, 3.63) is 47.7 Å². The average Bonchev–Trinajstić information content (AvgIpc) is 2.99. The van der Waals surface area contributed by atoms with Gasteiger partial charge in [0.1, 0.15) is 0 Å². The van der Waals surface area contributed by atoms with Crippen LogP contribution in [-0.4, -0.2) is 4.98 Å². The molecule has 18 heavy (non-hydrogen) atoms. The summed E-state index contributed by atoms with van der Waals surface area (Å²) in [5, 5.41) is 2.61. The number of rotatable bonds is 1. The fourth-order valence-electron chi connectivity index (χ4n) is 2.87. The minimum absolute atomic E-state index is 0.216. The molecule has 4 rings (SSSR count). The van der Waals surface area contributed by atoms with Gasteiger partial charge in [-0.15, -0.1) is 0 Å². The van der Waals surface area contributed by atoms with Crippen LogP contribution in [0.4, 0.5) is 6.01 Å². The van der Waals surface area contributed by atoms with Gasteiger partial charge in [0.15, 0.2) is 5.76 Å². The molecule has 0 atom stereocenters. The molecule has 0 fully saturated rings. The van der Waals surface area contributed by atoms with Gasteiger partial charge in [0.25, 0.3) is 6.01 Å². The summed E-state index contributed by atoms with van der Waals surface area (Å²) >= 11 is 0. The van der Waals surface area contributed by atoms with E-state index in [4.69, 9.17) is 10.2 Å². The van der Waals surface area contributed by atoms with Crippen LogP contribution >= 0.6 is 0 Å². The van der Waals surface area contributed by atoms with Gasteiger partial charge in [0, 0.05) is 5.56 Å². The van der Waals surface area contributed by atoms with Crippen LogP contribution in [0.15, 0.2) is 40.9 Å². The minimum Gasteiger partial charge on any atom is -0.424 e. The van der Waals surface area contributed by atoms with Crippen LogP contribution in [0.2, 0.25) is 0 Å². The number of nitrogens with two attached hydrogens (primary N) is 1. The first-order valence-electron chi connectivity index (χ1n) is 6.08. The molecule has 1 aliphatic carbocycles. The Labute approximate surface area is 104 Å². The fourth-order valence-corrected chi connectivity index (χ4v) is 2.87. The van der Waals surface area contributed by atoms with Gasteiger partial charge in [0.05, 0.1) is 6.20 Å². The highest BCUT2D eigenvalue weighted by Crippen LogP contribution is 2.37. The molecule has 0 saturated carbocycles. The van der Waals surface area contributed by atoms with Crippen molar-refractivity contribution >= 4 is 16.8 Å². The highest BCUT2D eigenvalue weighted by molar-refractivity contribution is 6.00. The van der Waals surface area contributed by atoms with E-state index >= 15 is 0 Å². The molecule has 0 bridgehead atoms. The lowest BCUT2D eigenvalue weighted by atomic mass is 9.99. The van der Waals surface area contributed by atoms with Crippen molar-refractivity contribution in [2.45, 2.75) is 12.8 Å². The van der Waals surface area contributed by atoms with E-state index in [-0.39, 0.29) is 6.01 Å². The smallest absolute Gasteiger partial charge is 0.292 e. The molecule has 0 spiro atoms. The molecule has 88 valence electrons. The van der Waals surface area contributed by atoms with Crippen molar-refractivity contribution in [3.8, 4) is 11.3 Å². The Morgan fingerprint density at radius 1 is 1.06 bits per heavy atom.